The van der Waals surface area contributed by atoms with Crippen molar-refractivity contribution >= 4 is 22.7 Å². The van der Waals surface area contributed by atoms with Crippen molar-refractivity contribution < 1.29 is 14.3 Å². The minimum atomic E-state index is -0.494. The van der Waals surface area contributed by atoms with Crippen LogP contribution in [0.25, 0.3) is 22.3 Å². The molecule has 0 bridgehead atoms. The van der Waals surface area contributed by atoms with Gasteiger partial charge in [-0.1, -0.05) is 25.1 Å². The number of esters is 1. The Hall–Kier alpha value is -3.28. The van der Waals surface area contributed by atoms with Crippen molar-refractivity contribution in [2.75, 3.05) is 0 Å². The Morgan fingerprint density at radius 1 is 1.22 bits per heavy atom. The first-order valence-corrected chi connectivity index (χ1v) is 8.82. The van der Waals surface area contributed by atoms with E-state index in [1.165, 1.54) is 6.92 Å². The Bertz CT molecular complexity index is 1160. The van der Waals surface area contributed by atoms with Crippen LogP contribution in [0.5, 0.6) is 0 Å². The molecule has 1 aliphatic heterocycles. The van der Waals surface area contributed by atoms with Crippen LogP contribution in [-0.2, 0) is 22.7 Å². The Morgan fingerprint density at radius 2 is 2.00 bits per heavy atom. The van der Waals surface area contributed by atoms with E-state index >= 15 is 0 Å². The van der Waals surface area contributed by atoms with Gasteiger partial charge >= 0.3 is 5.97 Å². The zero-order valence-electron chi connectivity index (χ0n) is 15.1. The van der Waals surface area contributed by atoms with Gasteiger partial charge in [0, 0.05) is 29.9 Å². The van der Waals surface area contributed by atoms with Crippen LogP contribution in [0.1, 0.15) is 41.8 Å². The maximum absolute atomic E-state index is 13.1. The molecule has 1 aliphatic rings. The number of carbonyl (C=O) groups excluding carboxylic acids is 2. The third-order valence-corrected chi connectivity index (χ3v) is 4.82. The molecule has 0 spiro atoms. The van der Waals surface area contributed by atoms with Gasteiger partial charge in [0.15, 0.2) is 5.78 Å². The second-order valence-electron chi connectivity index (χ2n) is 6.56. The van der Waals surface area contributed by atoms with E-state index in [4.69, 9.17) is 9.72 Å². The molecule has 0 saturated carbocycles. The molecule has 136 valence electrons. The van der Waals surface area contributed by atoms with E-state index in [1.807, 2.05) is 30.3 Å². The van der Waals surface area contributed by atoms with Crippen molar-refractivity contribution in [3.8, 4) is 11.4 Å². The smallest absolute Gasteiger partial charge is 0.302 e. The van der Waals surface area contributed by atoms with E-state index in [0.717, 1.165) is 22.2 Å². The van der Waals surface area contributed by atoms with Crippen molar-refractivity contribution in [2.45, 2.75) is 33.4 Å². The topological polar surface area (TPSA) is 78.3 Å². The normalized spacial score (nSPS) is 11.9. The van der Waals surface area contributed by atoms with Crippen molar-refractivity contribution in [3.05, 3.63) is 63.4 Å². The number of pyridine rings is 2. The van der Waals surface area contributed by atoms with Gasteiger partial charge in [0.1, 0.15) is 6.61 Å². The van der Waals surface area contributed by atoms with Crippen LogP contribution in [0.2, 0.25) is 0 Å². The van der Waals surface area contributed by atoms with Gasteiger partial charge in [-0.25, -0.2) is 4.98 Å². The summed E-state index contributed by atoms with van der Waals surface area (Å²) in [6.45, 7) is 3.19. The van der Waals surface area contributed by atoms with Gasteiger partial charge in [-0.2, -0.15) is 0 Å². The first-order valence-electron chi connectivity index (χ1n) is 8.82. The standard InChI is InChI=1S/C21H18N2O4/c1-3-19(25)15-9-18-20-14(8-13-6-4-5-7-17(13)22-20)10-23(18)21(26)16(15)11-27-12(2)24/h4-9H,3,10-11H2,1-2H3. The van der Waals surface area contributed by atoms with Crippen molar-refractivity contribution in [1.29, 1.82) is 0 Å². The number of aromatic nitrogens is 2. The van der Waals surface area contributed by atoms with Gasteiger partial charge < -0.3 is 9.30 Å². The van der Waals surface area contributed by atoms with Crippen LogP contribution in [0, 0.1) is 0 Å². The fraction of sp³-hybridized carbons (Fsp3) is 0.238. The van der Waals surface area contributed by atoms with E-state index in [-0.39, 0.29) is 29.9 Å². The van der Waals surface area contributed by atoms with Crippen molar-refractivity contribution in [2.24, 2.45) is 0 Å². The molecule has 0 radical (unpaired) electrons. The number of hydrogen-bond acceptors (Lipinski definition) is 5. The summed E-state index contributed by atoms with van der Waals surface area (Å²) in [6, 6.07) is 11.5. The van der Waals surface area contributed by atoms with Crippen molar-refractivity contribution in [3.63, 3.8) is 0 Å². The van der Waals surface area contributed by atoms with E-state index in [1.54, 1.807) is 17.6 Å². The fourth-order valence-electron chi connectivity index (χ4n) is 3.47. The average Bonchev–Trinajstić information content (AvgIpc) is 3.02. The van der Waals surface area contributed by atoms with Crippen molar-refractivity contribution in [1.82, 2.24) is 9.55 Å². The Balaban J connectivity index is 1.93. The third kappa shape index (κ3) is 2.83. The molecule has 0 fully saturated rings. The predicted molar refractivity (Wildman–Crippen MR) is 101 cm³/mol. The molecule has 0 amide bonds. The van der Waals surface area contributed by atoms with E-state index < -0.39 is 5.97 Å². The largest absolute Gasteiger partial charge is 0.461 e. The summed E-state index contributed by atoms with van der Waals surface area (Å²) >= 11 is 0. The molecular weight excluding hydrogens is 344 g/mol. The van der Waals surface area contributed by atoms with Crippen LogP contribution in [0.3, 0.4) is 0 Å². The Kier molecular flexibility index (Phi) is 4.11. The monoisotopic (exact) mass is 362 g/mol. The van der Waals surface area contributed by atoms with Crippen LogP contribution in [-0.4, -0.2) is 21.3 Å². The summed E-state index contributed by atoms with van der Waals surface area (Å²) in [5.74, 6) is -0.655. The second kappa shape index (κ2) is 6.46. The number of carbonyl (C=O) groups is 2. The SMILES string of the molecule is CCC(=O)c1cc2n(c(=O)c1COC(C)=O)Cc1cc3ccccc3nc1-2. The van der Waals surface area contributed by atoms with Gasteiger partial charge in [-0.3, -0.25) is 14.4 Å². The molecule has 6 heteroatoms. The lowest BCUT2D eigenvalue weighted by molar-refractivity contribution is -0.142. The van der Waals surface area contributed by atoms with Gasteiger partial charge in [-0.05, 0) is 18.2 Å². The molecule has 0 unspecified atom stereocenters. The fourth-order valence-corrected chi connectivity index (χ4v) is 3.47. The molecule has 0 N–H and O–H groups in total. The molecule has 6 nitrogen and oxygen atoms in total. The Morgan fingerprint density at radius 3 is 2.74 bits per heavy atom. The number of Topliss-reactive ketones (excluding diaryl/α,β-unsaturated/α-hetero) is 1. The molecule has 27 heavy (non-hydrogen) atoms. The molecular formula is C21H18N2O4. The lowest BCUT2D eigenvalue weighted by Gasteiger charge is -2.12. The number of fused-ring (bicyclic) bond motifs is 4. The first kappa shape index (κ1) is 17.1. The summed E-state index contributed by atoms with van der Waals surface area (Å²) in [5.41, 5.74) is 3.33. The number of ketones is 1. The van der Waals surface area contributed by atoms with Crippen LogP contribution < -0.4 is 5.56 Å². The van der Waals surface area contributed by atoms with Gasteiger partial charge in [0.05, 0.1) is 29.0 Å². The summed E-state index contributed by atoms with van der Waals surface area (Å²) in [7, 11) is 0. The minimum absolute atomic E-state index is 0.160. The zero-order valence-corrected chi connectivity index (χ0v) is 15.1. The van der Waals surface area contributed by atoms with Crippen LogP contribution in [0.4, 0.5) is 0 Å². The van der Waals surface area contributed by atoms with Crippen LogP contribution >= 0.6 is 0 Å². The molecule has 0 aliphatic carbocycles. The second-order valence-corrected chi connectivity index (χ2v) is 6.56. The van der Waals surface area contributed by atoms with E-state index in [9.17, 15) is 14.4 Å². The number of ether oxygens (including phenoxy) is 1. The molecule has 4 rings (SSSR count). The highest BCUT2D eigenvalue weighted by atomic mass is 16.5. The molecule has 3 heterocycles. The number of hydrogen-bond donors (Lipinski definition) is 0. The highest BCUT2D eigenvalue weighted by Crippen LogP contribution is 2.32. The molecule has 3 aromatic rings. The van der Waals surface area contributed by atoms with Crippen LogP contribution in [0.15, 0.2) is 41.2 Å². The number of para-hydroxylation sites is 1. The maximum Gasteiger partial charge on any atom is 0.302 e. The third-order valence-electron chi connectivity index (χ3n) is 4.82. The highest BCUT2D eigenvalue weighted by Gasteiger charge is 2.27. The van der Waals surface area contributed by atoms with Gasteiger partial charge in [0.25, 0.3) is 5.56 Å². The Labute approximate surface area is 155 Å². The zero-order chi connectivity index (χ0) is 19.1. The van der Waals surface area contributed by atoms with Gasteiger partial charge in [0.2, 0.25) is 0 Å². The number of benzene rings is 1. The summed E-state index contributed by atoms with van der Waals surface area (Å²) < 4.78 is 6.62. The lowest BCUT2D eigenvalue weighted by atomic mass is 10.0. The lowest BCUT2D eigenvalue weighted by Crippen LogP contribution is -2.27. The van der Waals surface area contributed by atoms with E-state index in [0.29, 0.717) is 17.8 Å². The summed E-state index contributed by atoms with van der Waals surface area (Å²) in [5, 5.41) is 1.00. The first-order chi connectivity index (χ1) is 13.0. The number of nitrogens with zero attached hydrogens (tertiary/aromatic N) is 2. The summed E-state index contributed by atoms with van der Waals surface area (Å²) in [6.07, 6.45) is 0.258. The average molecular weight is 362 g/mol. The maximum atomic E-state index is 13.1. The summed E-state index contributed by atoms with van der Waals surface area (Å²) in [4.78, 5) is 41.4. The predicted octanol–water partition coefficient (Wildman–Crippen LogP) is 3.08. The molecule has 2 aromatic heterocycles. The molecule has 0 atom stereocenters. The van der Waals surface area contributed by atoms with Gasteiger partial charge in [-0.15, -0.1) is 0 Å². The highest BCUT2D eigenvalue weighted by molar-refractivity contribution is 5.98. The minimum Gasteiger partial charge on any atom is -0.461 e. The van der Waals surface area contributed by atoms with E-state index in [2.05, 4.69) is 0 Å². The molecule has 0 saturated heterocycles. The molecule has 1 aromatic carbocycles. The quantitative estimate of drug-likeness (QED) is 0.412. The number of rotatable bonds is 4.